The van der Waals surface area contributed by atoms with E-state index in [2.05, 4.69) is 17.4 Å². The van der Waals surface area contributed by atoms with Crippen LogP contribution in [0.2, 0.25) is 0 Å². The van der Waals surface area contributed by atoms with Crippen molar-refractivity contribution < 1.29 is 24.2 Å². The molecule has 0 spiro atoms. The van der Waals surface area contributed by atoms with Crippen molar-refractivity contribution in [2.75, 3.05) is 13.2 Å². The van der Waals surface area contributed by atoms with Crippen LogP contribution in [0.3, 0.4) is 0 Å². The fourth-order valence-electron chi connectivity index (χ4n) is 5.57. The normalized spacial score (nSPS) is 18.9. The summed E-state index contributed by atoms with van der Waals surface area (Å²) in [6.07, 6.45) is 1.61. The number of phenols is 1. The number of dihydropyridines is 1. The highest BCUT2D eigenvalue weighted by atomic mass is 16.5. The van der Waals surface area contributed by atoms with Crippen molar-refractivity contribution in [2.24, 2.45) is 0 Å². The van der Waals surface area contributed by atoms with E-state index in [1.165, 1.54) is 0 Å². The average molecular weight is 524 g/mol. The molecule has 6 heteroatoms. The molecule has 3 aromatic carbocycles. The van der Waals surface area contributed by atoms with Gasteiger partial charge in [0.15, 0.2) is 17.3 Å². The van der Waals surface area contributed by atoms with Crippen molar-refractivity contribution in [1.82, 2.24) is 5.32 Å². The van der Waals surface area contributed by atoms with Crippen LogP contribution in [0.15, 0.2) is 101 Å². The first-order valence-electron chi connectivity index (χ1n) is 13.4. The van der Waals surface area contributed by atoms with Gasteiger partial charge in [-0.15, -0.1) is 0 Å². The Morgan fingerprint density at radius 3 is 2.41 bits per heavy atom. The summed E-state index contributed by atoms with van der Waals surface area (Å²) in [4.78, 5) is 27.4. The second-order valence-electron chi connectivity index (χ2n) is 9.96. The molecule has 0 fully saturated rings. The minimum absolute atomic E-state index is 0.00396. The number of phenolic OH excluding ortho intramolecular Hbond substituents is 1. The van der Waals surface area contributed by atoms with Gasteiger partial charge in [-0.1, -0.05) is 66.7 Å². The average Bonchev–Trinajstić information content (AvgIpc) is 2.94. The van der Waals surface area contributed by atoms with Gasteiger partial charge in [0.25, 0.3) is 0 Å². The van der Waals surface area contributed by atoms with Gasteiger partial charge in [-0.05, 0) is 55.0 Å². The van der Waals surface area contributed by atoms with Gasteiger partial charge in [0, 0.05) is 35.7 Å². The number of aromatic hydroxyl groups is 1. The number of ether oxygens (including phenoxy) is 2. The maximum absolute atomic E-state index is 13.8. The number of nitrogens with one attached hydrogen (secondary N) is 1. The molecule has 0 radical (unpaired) electrons. The van der Waals surface area contributed by atoms with Gasteiger partial charge >= 0.3 is 5.97 Å². The predicted octanol–water partition coefficient (Wildman–Crippen LogP) is 5.94. The first kappa shape index (κ1) is 26.3. The highest BCUT2D eigenvalue weighted by Gasteiger charge is 2.41. The number of carbonyl (C=O) groups is 2. The summed E-state index contributed by atoms with van der Waals surface area (Å²) in [5, 5.41) is 13.7. The Hall–Kier alpha value is -4.32. The summed E-state index contributed by atoms with van der Waals surface area (Å²) in [7, 11) is 0. The topological polar surface area (TPSA) is 84.9 Å². The fourth-order valence-corrected chi connectivity index (χ4v) is 5.57. The number of hydrogen-bond acceptors (Lipinski definition) is 6. The SMILES string of the molecule is CCOc1cc([C@@H]2C(C(=O)OCCc3ccccc3)=C(C)NC3=C2C(=O)C[C@H](c2ccccc2)C3)ccc1O. The minimum Gasteiger partial charge on any atom is -0.504 e. The number of carbonyl (C=O) groups excluding carboxylic acids is 2. The summed E-state index contributed by atoms with van der Waals surface area (Å²) < 4.78 is 11.4. The summed E-state index contributed by atoms with van der Waals surface area (Å²) in [5.74, 6) is -0.718. The lowest BCUT2D eigenvalue weighted by Crippen LogP contribution is -2.36. The van der Waals surface area contributed by atoms with E-state index in [1.54, 1.807) is 18.2 Å². The quantitative estimate of drug-likeness (QED) is 0.356. The zero-order valence-corrected chi connectivity index (χ0v) is 22.3. The number of ketones is 1. The van der Waals surface area contributed by atoms with Gasteiger partial charge in [-0.3, -0.25) is 4.79 Å². The zero-order valence-electron chi connectivity index (χ0n) is 22.3. The van der Waals surface area contributed by atoms with Crippen LogP contribution in [0.5, 0.6) is 11.5 Å². The third-order valence-electron chi connectivity index (χ3n) is 7.40. The standard InChI is InChI=1S/C33H33NO5/c1-3-38-29-20-24(14-15-27(29)35)31-30(33(37)39-17-16-22-10-6-4-7-11-22)21(2)34-26-18-25(19-28(36)32(26)31)23-12-8-5-9-13-23/h4-15,20,25,31,34-35H,3,16-19H2,1-2H3/t25-,31-/m1/s1. The molecular weight excluding hydrogens is 490 g/mol. The molecule has 5 rings (SSSR count). The van der Waals surface area contributed by atoms with E-state index in [9.17, 15) is 14.7 Å². The maximum atomic E-state index is 13.8. The van der Waals surface area contributed by atoms with Crippen LogP contribution in [0, 0.1) is 0 Å². The number of esters is 1. The molecule has 0 saturated heterocycles. The molecule has 0 aromatic heterocycles. The third-order valence-corrected chi connectivity index (χ3v) is 7.40. The monoisotopic (exact) mass is 523 g/mol. The molecule has 0 amide bonds. The van der Waals surface area contributed by atoms with Crippen molar-refractivity contribution in [3.8, 4) is 11.5 Å². The Bertz CT molecular complexity index is 1420. The van der Waals surface area contributed by atoms with E-state index in [0.717, 1.165) is 16.8 Å². The van der Waals surface area contributed by atoms with Crippen molar-refractivity contribution in [3.05, 3.63) is 118 Å². The fraction of sp³-hybridized carbons (Fsp3) is 0.273. The molecule has 1 aliphatic carbocycles. The molecule has 0 unspecified atom stereocenters. The summed E-state index contributed by atoms with van der Waals surface area (Å²) in [5.41, 5.74) is 5.37. The molecule has 0 saturated carbocycles. The van der Waals surface area contributed by atoms with E-state index in [1.807, 2.05) is 62.4 Å². The Morgan fingerprint density at radius 1 is 0.974 bits per heavy atom. The largest absolute Gasteiger partial charge is 0.504 e. The Kier molecular flexibility index (Phi) is 7.82. The maximum Gasteiger partial charge on any atom is 0.336 e. The molecular formula is C33H33NO5. The molecule has 39 heavy (non-hydrogen) atoms. The van der Waals surface area contributed by atoms with Crippen molar-refractivity contribution >= 4 is 11.8 Å². The highest BCUT2D eigenvalue weighted by molar-refractivity contribution is 6.04. The van der Waals surface area contributed by atoms with Gasteiger partial charge in [0.2, 0.25) is 0 Å². The number of rotatable bonds is 8. The molecule has 3 aromatic rings. The molecule has 0 bridgehead atoms. The van der Waals surface area contributed by atoms with Gasteiger partial charge < -0.3 is 19.9 Å². The minimum atomic E-state index is -0.630. The van der Waals surface area contributed by atoms with E-state index < -0.39 is 11.9 Å². The predicted molar refractivity (Wildman–Crippen MR) is 149 cm³/mol. The molecule has 1 heterocycles. The number of benzene rings is 3. The van der Waals surface area contributed by atoms with Crippen LogP contribution in [0.4, 0.5) is 0 Å². The van der Waals surface area contributed by atoms with Crippen LogP contribution in [0.25, 0.3) is 0 Å². The van der Waals surface area contributed by atoms with Crippen molar-refractivity contribution in [1.29, 1.82) is 0 Å². The number of allylic oxidation sites excluding steroid dienone is 3. The second kappa shape index (κ2) is 11.6. The lowest BCUT2D eigenvalue weighted by molar-refractivity contribution is -0.139. The van der Waals surface area contributed by atoms with E-state index >= 15 is 0 Å². The summed E-state index contributed by atoms with van der Waals surface area (Å²) >= 11 is 0. The molecule has 2 atom stereocenters. The Balaban J connectivity index is 1.50. The van der Waals surface area contributed by atoms with Crippen LogP contribution in [-0.2, 0) is 20.7 Å². The van der Waals surface area contributed by atoms with Crippen molar-refractivity contribution in [2.45, 2.75) is 44.9 Å². The lowest BCUT2D eigenvalue weighted by Gasteiger charge is -2.36. The Labute approximate surface area is 229 Å². The van der Waals surface area contributed by atoms with Crippen LogP contribution in [-0.4, -0.2) is 30.1 Å². The van der Waals surface area contributed by atoms with Crippen LogP contribution < -0.4 is 10.1 Å². The molecule has 1 aliphatic heterocycles. The van der Waals surface area contributed by atoms with E-state index in [4.69, 9.17) is 9.47 Å². The highest BCUT2D eigenvalue weighted by Crippen LogP contribution is 2.47. The van der Waals surface area contributed by atoms with E-state index in [-0.39, 0.29) is 24.1 Å². The molecule has 2 aliphatic rings. The van der Waals surface area contributed by atoms with Gasteiger partial charge in [-0.25, -0.2) is 4.79 Å². The molecule has 6 nitrogen and oxygen atoms in total. The number of hydrogen-bond donors (Lipinski definition) is 2. The molecule has 2 N–H and O–H groups in total. The van der Waals surface area contributed by atoms with Gasteiger partial charge in [0.1, 0.15) is 0 Å². The first-order valence-corrected chi connectivity index (χ1v) is 13.4. The van der Waals surface area contributed by atoms with Gasteiger partial charge in [-0.2, -0.15) is 0 Å². The van der Waals surface area contributed by atoms with Crippen LogP contribution >= 0.6 is 0 Å². The second-order valence-corrected chi connectivity index (χ2v) is 9.96. The lowest BCUT2D eigenvalue weighted by atomic mass is 9.71. The smallest absolute Gasteiger partial charge is 0.336 e. The zero-order chi connectivity index (χ0) is 27.4. The first-order chi connectivity index (χ1) is 19.0. The van der Waals surface area contributed by atoms with Gasteiger partial charge in [0.05, 0.1) is 18.8 Å². The summed E-state index contributed by atoms with van der Waals surface area (Å²) in [6, 6.07) is 24.9. The number of Topliss-reactive ketones (excluding diaryl/α,β-unsaturated/α-hetero) is 1. The van der Waals surface area contributed by atoms with Crippen molar-refractivity contribution in [3.63, 3.8) is 0 Å². The third kappa shape index (κ3) is 5.60. The Morgan fingerprint density at radius 2 is 1.69 bits per heavy atom. The summed E-state index contributed by atoms with van der Waals surface area (Å²) in [6.45, 7) is 4.29. The van der Waals surface area contributed by atoms with E-state index in [0.29, 0.717) is 54.0 Å². The molecule has 200 valence electrons. The van der Waals surface area contributed by atoms with Crippen LogP contribution in [0.1, 0.15) is 55.2 Å².